The lowest BCUT2D eigenvalue weighted by atomic mass is 10.1. The Bertz CT molecular complexity index is 334. The van der Waals surface area contributed by atoms with Crippen LogP contribution in [-0.2, 0) is 9.67 Å². The minimum absolute atomic E-state index is 0.00338. The van der Waals surface area contributed by atoms with Crippen LogP contribution in [0.1, 0.15) is 12.5 Å². The quantitative estimate of drug-likeness (QED) is 0.745. The van der Waals surface area contributed by atoms with E-state index in [9.17, 15) is 0 Å². The molecule has 0 aromatic heterocycles. The van der Waals surface area contributed by atoms with Crippen LogP contribution in [-0.4, -0.2) is 5.11 Å². The fourth-order valence-electron chi connectivity index (χ4n) is 1.28. The van der Waals surface area contributed by atoms with Crippen LogP contribution in [0, 0.1) is 0 Å². The Hall–Kier alpha value is -1.09. The molecule has 1 aliphatic heterocycles. The van der Waals surface area contributed by atoms with Crippen LogP contribution in [0.25, 0.3) is 0 Å². The minimum atomic E-state index is -0.467. The van der Waals surface area contributed by atoms with Crippen LogP contribution >= 0.6 is 11.8 Å². The molecule has 0 amide bonds. The highest BCUT2D eigenvalue weighted by Gasteiger charge is 2.34. The van der Waals surface area contributed by atoms with Gasteiger partial charge in [0.1, 0.15) is 0 Å². The van der Waals surface area contributed by atoms with Gasteiger partial charge in [-0.05, 0) is 6.92 Å². The SMILES string of the molecule is CC1(c2ccccc2)OC(O)=CS1. The third kappa shape index (κ3) is 1.52. The summed E-state index contributed by atoms with van der Waals surface area (Å²) in [7, 11) is 0. The Morgan fingerprint density at radius 3 is 2.54 bits per heavy atom. The second-order valence-corrected chi connectivity index (χ2v) is 4.24. The van der Waals surface area contributed by atoms with Crippen molar-refractivity contribution in [2.45, 2.75) is 11.9 Å². The molecule has 68 valence electrons. The van der Waals surface area contributed by atoms with Gasteiger partial charge >= 0.3 is 0 Å². The third-order valence-corrected chi connectivity index (χ3v) is 3.07. The maximum Gasteiger partial charge on any atom is 0.285 e. The number of hydrogen-bond donors (Lipinski definition) is 1. The lowest BCUT2D eigenvalue weighted by Crippen LogP contribution is -2.16. The van der Waals surface area contributed by atoms with Gasteiger partial charge in [-0.25, -0.2) is 0 Å². The Balaban J connectivity index is 2.28. The zero-order valence-corrected chi connectivity index (χ0v) is 8.04. The molecule has 1 aromatic carbocycles. The van der Waals surface area contributed by atoms with Gasteiger partial charge in [-0.3, -0.25) is 0 Å². The fourth-order valence-corrected chi connectivity index (χ4v) is 2.06. The second-order valence-electron chi connectivity index (χ2n) is 2.99. The van der Waals surface area contributed by atoms with Crippen LogP contribution < -0.4 is 0 Å². The van der Waals surface area contributed by atoms with Gasteiger partial charge in [0.15, 0.2) is 4.93 Å². The standard InChI is InChI=1S/C10H10O2S/c1-10(12-9(11)7-13-10)8-5-3-2-4-6-8/h2-7,11H,1H3. The molecule has 0 bridgehead atoms. The van der Waals surface area contributed by atoms with Gasteiger partial charge in [0.05, 0.1) is 5.41 Å². The summed E-state index contributed by atoms with van der Waals surface area (Å²) in [6.45, 7) is 1.94. The van der Waals surface area contributed by atoms with Crippen molar-refractivity contribution < 1.29 is 9.84 Å². The first-order chi connectivity index (χ1) is 6.21. The molecule has 0 saturated carbocycles. The summed E-state index contributed by atoms with van der Waals surface area (Å²) in [6, 6.07) is 9.85. The van der Waals surface area contributed by atoms with Crippen molar-refractivity contribution in [3.8, 4) is 0 Å². The average Bonchev–Trinajstić information content (AvgIpc) is 2.49. The van der Waals surface area contributed by atoms with Crippen molar-refractivity contribution in [1.29, 1.82) is 0 Å². The summed E-state index contributed by atoms with van der Waals surface area (Å²) in [6.07, 6.45) is 0. The van der Waals surface area contributed by atoms with E-state index >= 15 is 0 Å². The lowest BCUT2D eigenvalue weighted by Gasteiger charge is -2.22. The molecular weight excluding hydrogens is 184 g/mol. The van der Waals surface area contributed by atoms with E-state index in [1.54, 1.807) is 5.41 Å². The number of rotatable bonds is 1. The monoisotopic (exact) mass is 194 g/mol. The normalized spacial score (nSPS) is 26.7. The number of benzene rings is 1. The molecule has 1 aliphatic rings. The molecule has 0 radical (unpaired) electrons. The molecule has 0 fully saturated rings. The molecule has 1 N–H and O–H groups in total. The summed E-state index contributed by atoms with van der Waals surface area (Å²) in [5, 5.41) is 10.8. The number of aliphatic hydroxyl groups excluding tert-OH is 1. The van der Waals surface area contributed by atoms with E-state index < -0.39 is 4.93 Å². The van der Waals surface area contributed by atoms with Crippen molar-refractivity contribution in [2.75, 3.05) is 0 Å². The molecule has 1 unspecified atom stereocenters. The molecule has 1 heterocycles. The van der Waals surface area contributed by atoms with E-state index in [0.717, 1.165) is 5.56 Å². The number of thioether (sulfide) groups is 1. The highest BCUT2D eigenvalue weighted by Crippen LogP contribution is 2.44. The van der Waals surface area contributed by atoms with Crippen molar-refractivity contribution in [2.24, 2.45) is 0 Å². The first-order valence-electron chi connectivity index (χ1n) is 4.02. The van der Waals surface area contributed by atoms with E-state index in [2.05, 4.69) is 0 Å². The molecule has 2 rings (SSSR count). The lowest BCUT2D eigenvalue weighted by molar-refractivity contribution is 0.0273. The van der Waals surface area contributed by atoms with Crippen LogP contribution in [0.4, 0.5) is 0 Å². The summed E-state index contributed by atoms with van der Waals surface area (Å²) < 4.78 is 5.31. The fraction of sp³-hybridized carbons (Fsp3) is 0.200. The number of ether oxygens (including phenoxy) is 1. The van der Waals surface area contributed by atoms with Gasteiger partial charge in [-0.15, -0.1) is 0 Å². The van der Waals surface area contributed by atoms with Gasteiger partial charge in [-0.2, -0.15) is 0 Å². The minimum Gasteiger partial charge on any atom is -0.481 e. The predicted molar refractivity (Wildman–Crippen MR) is 53.2 cm³/mol. The van der Waals surface area contributed by atoms with Gasteiger partial charge in [0, 0.05) is 5.56 Å². The van der Waals surface area contributed by atoms with E-state index in [0.29, 0.717) is 0 Å². The smallest absolute Gasteiger partial charge is 0.285 e. The Kier molecular flexibility index (Phi) is 1.96. The van der Waals surface area contributed by atoms with E-state index in [-0.39, 0.29) is 5.95 Å². The number of hydrogen-bond acceptors (Lipinski definition) is 3. The summed E-state index contributed by atoms with van der Waals surface area (Å²) in [5.74, 6) is -0.00338. The van der Waals surface area contributed by atoms with Gasteiger partial charge < -0.3 is 9.84 Å². The molecule has 1 atom stereocenters. The molecule has 3 heteroatoms. The molecular formula is C10H10O2S. The molecule has 0 aliphatic carbocycles. The molecule has 1 aromatic rings. The first kappa shape index (κ1) is 8.51. The molecule has 13 heavy (non-hydrogen) atoms. The third-order valence-electron chi connectivity index (χ3n) is 1.98. The second kappa shape index (κ2) is 3.00. The largest absolute Gasteiger partial charge is 0.481 e. The summed E-state index contributed by atoms with van der Waals surface area (Å²) in [4.78, 5) is -0.467. The predicted octanol–water partition coefficient (Wildman–Crippen LogP) is 2.98. The van der Waals surface area contributed by atoms with E-state index in [4.69, 9.17) is 9.84 Å². The number of aliphatic hydroxyl groups is 1. The zero-order chi connectivity index (χ0) is 9.31. The highest BCUT2D eigenvalue weighted by molar-refractivity contribution is 8.03. The van der Waals surface area contributed by atoms with E-state index in [1.807, 2.05) is 37.3 Å². The first-order valence-corrected chi connectivity index (χ1v) is 4.90. The average molecular weight is 194 g/mol. The maximum atomic E-state index is 9.14. The topological polar surface area (TPSA) is 29.5 Å². The molecule has 0 saturated heterocycles. The zero-order valence-electron chi connectivity index (χ0n) is 7.23. The Morgan fingerprint density at radius 2 is 2.00 bits per heavy atom. The van der Waals surface area contributed by atoms with E-state index in [1.165, 1.54) is 11.8 Å². The molecule has 0 spiro atoms. The van der Waals surface area contributed by atoms with Gasteiger partial charge in [-0.1, -0.05) is 42.1 Å². The van der Waals surface area contributed by atoms with Crippen molar-refractivity contribution in [3.05, 3.63) is 47.2 Å². The Labute approximate surface area is 81.2 Å². The van der Waals surface area contributed by atoms with Crippen LogP contribution in [0.2, 0.25) is 0 Å². The van der Waals surface area contributed by atoms with Crippen molar-refractivity contribution in [1.82, 2.24) is 0 Å². The van der Waals surface area contributed by atoms with Crippen molar-refractivity contribution >= 4 is 11.8 Å². The van der Waals surface area contributed by atoms with Crippen molar-refractivity contribution in [3.63, 3.8) is 0 Å². The van der Waals surface area contributed by atoms with Crippen LogP contribution in [0.3, 0.4) is 0 Å². The van der Waals surface area contributed by atoms with Crippen LogP contribution in [0.5, 0.6) is 0 Å². The van der Waals surface area contributed by atoms with Gasteiger partial charge in [0.25, 0.3) is 5.95 Å². The highest BCUT2D eigenvalue weighted by atomic mass is 32.2. The molecule has 2 nitrogen and oxygen atoms in total. The summed E-state index contributed by atoms with van der Waals surface area (Å²) >= 11 is 1.47. The maximum absolute atomic E-state index is 9.14. The van der Waals surface area contributed by atoms with Crippen LogP contribution in [0.15, 0.2) is 41.7 Å². The van der Waals surface area contributed by atoms with Gasteiger partial charge in [0.2, 0.25) is 0 Å². The Morgan fingerprint density at radius 1 is 1.31 bits per heavy atom. The summed E-state index contributed by atoms with van der Waals surface area (Å²) in [5.41, 5.74) is 1.06.